The van der Waals surface area contributed by atoms with Crippen molar-refractivity contribution in [2.24, 2.45) is 0 Å². The average molecular weight is 520 g/mol. The van der Waals surface area contributed by atoms with Crippen LogP contribution in [0.15, 0.2) is 77.7 Å². The van der Waals surface area contributed by atoms with E-state index >= 15 is 0 Å². The van der Waals surface area contributed by atoms with Crippen molar-refractivity contribution in [2.45, 2.75) is 43.7 Å². The number of carbonyl (C=O) groups excluding carboxylic acids is 2. The molecule has 0 saturated carbocycles. The first-order valence-electron chi connectivity index (χ1n) is 11.5. The van der Waals surface area contributed by atoms with Crippen LogP contribution >= 0.6 is 0 Å². The minimum atomic E-state index is -3.79. The Labute approximate surface area is 217 Å². The predicted octanol–water partition coefficient (Wildman–Crippen LogP) is 3.82. The van der Waals surface area contributed by atoms with E-state index in [4.69, 9.17) is 10.00 Å². The van der Waals surface area contributed by atoms with Crippen molar-refractivity contribution in [1.29, 1.82) is 5.26 Å². The summed E-state index contributed by atoms with van der Waals surface area (Å²) in [6.45, 7) is 5.30. The third-order valence-corrected chi connectivity index (χ3v) is 7.18. The van der Waals surface area contributed by atoms with Crippen LogP contribution in [0.3, 0.4) is 0 Å². The summed E-state index contributed by atoms with van der Waals surface area (Å²) in [5.41, 5.74) is 1.90. The molecule has 9 heteroatoms. The van der Waals surface area contributed by atoms with Gasteiger partial charge in [0.1, 0.15) is 6.04 Å². The molecule has 37 heavy (non-hydrogen) atoms. The van der Waals surface area contributed by atoms with Gasteiger partial charge in [0.15, 0.2) is 0 Å². The summed E-state index contributed by atoms with van der Waals surface area (Å²) in [5, 5.41) is 11.8. The Morgan fingerprint density at radius 2 is 1.68 bits per heavy atom. The Bertz CT molecular complexity index is 1440. The van der Waals surface area contributed by atoms with Gasteiger partial charge in [-0.3, -0.25) is 4.79 Å². The van der Waals surface area contributed by atoms with Gasteiger partial charge in [0.2, 0.25) is 10.0 Å². The highest BCUT2D eigenvalue weighted by atomic mass is 32.2. The molecule has 0 aromatic heterocycles. The number of sulfonamides is 1. The molecule has 0 unspecified atom stereocenters. The zero-order valence-corrected chi connectivity index (χ0v) is 21.9. The van der Waals surface area contributed by atoms with Crippen molar-refractivity contribution in [3.05, 3.63) is 89.5 Å². The van der Waals surface area contributed by atoms with Crippen LogP contribution in [0.2, 0.25) is 0 Å². The van der Waals surface area contributed by atoms with Crippen molar-refractivity contribution in [2.75, 3.05) is 7.11 Å². The smallest absolute Gasteiger partial charge is 0.328 e. The number of esters is 1. The van der Waals surface area contributed by atoms with Gasteiger partial charge in [-0.2, -0.15) is 5.26 Å². The molecule has 0 aliphatic rings. The molecule has 8 nitrogen and oxygen atoms in total. The normalized spacial score (nSPS) is 12.3. The van der Waals surface area contributed by atoms with E-state index in [1.807, 2.05) is 6.07 Å². The second-order valence-electron chi connectivity index (χ2n) is 9.49. The summed E-state index contributed by atoms with van der Waals surface area (Å²) in [7, 11) is -2.55. The lowest BCUT2D eigenvalue weighted by molar-refractivity contribution is -0.142. The maximum absolute atomic E-state index is 13.0. The van der Waals surface area contributed by atoms with Crippen LogP contribution in [0, 0.1) is 11.3 Å². The van der Waals surface area contributed by atoms with E-state index in [1.54, 1.807) is 87.5 Å². The highest BCUT2D eigenvalue weighted by Gasteiger charge is 2.25. The Morgan fingerprint density at radius 1 is 1.00 bits per heavy atom. The molecule has 3 rings (SSSR count). The van der Waals surface area contributed by atoms with Gasteiger partial charge < -0.3 is 10.1 Å². The number of nitrogens with one attached hydrogen (secondary N) is 2. The average Bonchev–Trinajstić information content (AvgIpc) is 2.86. The van der Waals surface area contributed by atoms with Gasteiger partial charge in [-0.25, -0.2) is 17.9 Å². The van der Waals surface area contributed by atoms with Gasteiger partial charge in [-0.1, -0.05) is 42.5 Å². The van der Waals surface area contributed by atoms with Crippen LogP contribution < -0.4 is 10.0 Å². The summed E-state index contributed by atoms with van der Waals surface area (Å²) in [6, 6.07) is 20.9. The van der Waals surface area contributed by atoms with Crippen LogP contribution in [-0.4, -0.2) is 39.0 Å². The second kappa shape index (κ2) is 11.4. The molecular weight excluding hydrogens is 490 g/mol. The third-order valence-electron chi connectivity index (χ3n) is 5.36. The molecule has 0 aliphatic heterocycles. The number of hydrogen-bond acceptors (Lipinski definition) is 6. The lowest BCUT2D eigenvalue weighted by Crippen LogP contribution is -2.43. The molecule has 1 amide bonds. The number of ether oxygens (including phenoxy) is 1. The van der Waals surface area contributed by atoms with Crippen LogP contribution in [0.1, 0.15) is 42.3 Å². The molecule has 0 radical (unpaired) electrons. The zero-order chi connectivity index (χ0) is 27.2. The summed E-state index contributed by atoms with van der Waals surface area (Å²) in [6.07, 6.45) is 0.151. The highest BCUT2D eigenvalue weighted by Crippen LogP contribution is 2.28. The number of rotatable bonds is 8. The molecule has 0 fully saturated rings. The minimum absolute atomic E-state index is 0.132. The number of hydrogen-bond donors (Lipinski definition) is 2. The second-order valence-corrected chi connectivity index (χ2v) is 11.1. The lowest BCUT2D eigenvalue weighted by atomic mass is 10.0. The van der Waals surface area contributed by atoms with E-state index in [2.05, 4.69) is 10.0 Å². The van der Waals surface area contributed by atoms with E-state index < -0.39 is 33.5 Å². The number of carbonyl (C=O) groups is 2. The first kappa shape index (κ1) is 27.6. The third kappa shape index (κ3) is 7.26. The molecular formula is C28H29N3O5S. The van der Waals surface area contributed by atoms with Crippen LogP contribution in [0.5, 0.6) is 0 Å². The fraction of sp³-hybridized carbons (Fsp3) is 0.250. The van der Waals surface area contributed by atoms with Crippen molar-refractivity contribution >= 4 is 21.9 Å². The van der Waals surface area contributed by atoms with Crippen LogP contribution in [0.4, 0.5) is 0 Å². The Morgan fingerprint density at radius 3 is 2.30 bits per heavy atom. The summed E-state index contributed by atoms with van der Waals surface area (Å²) >= 11 is 0. The van der Waals surface area contributed by atoms with Crippen molar-refractivity contribution in [3.8, 4) is 17.2 Å². The number of benzene rings is 3. The fourth-order valence-corrected chi connectivity index (χ4v) is 5.43. The SMILES string of the molecule is COC(=O)[C@H](Cc1cccc(C#N)c1)NC(=O)c1ccc(-c2ccccc2S(=O)(=O)NC(C)(C)C)cc1. The Hall–Kier alpha value is -4.00. The fourth-order valence-electron chi connectivity index (χ4n) is 3.78. The van der Waals surface area contributed by atoms with Gasteiger partial charge in [-0.05, 0) is 62.2 Å². The minimum Gasteiger partial charge on any atom is -0.467 e. The number of methoxy groups -OCH3 is 1. The molecule has 2 N–H and O–H groups in total. The van der Waals surface area contributed by atoms with E-state index in [9.17, 15) is 18.0 Å². The molecule has 1 atom stereocenters. The maximum Gasteiger partial charge on any atom is 0.328 e. The first-order valence-corrected chi connectivity index (χ1v) is 13.0. The van der Waals surface area contributed by atoms with Crippen molar-refractivity contribution in [1.82, 2.24) is 10.0 Å². The van der Waals surface area contributed by atoms with E-state index in [0.29, 0.717) is 22.3 Å². The Kier molecular flexibility index (Phi) is 8.48. The monoisotopic (exact) mass is 519 g/mol. The van der Waals surface area contributed by atoms with E-state index in [0.717, 1.165) is 0 Å². The molecule has 3 aromatic rings. The topological polar surface area (TPSA) is 125 Å². The van der Waals surface area contributed by atoms with Gasteiger partial charge in [0.25, 0.3) is 5.91 Å². The number of amides is 1. The van der Waals surface area contributed by atoms with Gasteiger partial charge in [0.05, 0.1) is 23.6 Å². The van der Waals surface area contributed by atoms with E-state index in [-0.39, 0.29) is 16.9 Å². The van der Waals surface area contributed by atoms with Crippen molar-refractivity contribution in [3.63, 3.8) is 0 Å². The molecule has 3 aromatic carbocycles. The standard InChI is InChI=1S/C28H29N3O5S/c1-28(2,3)31-37(34,35)25-11-6-5-10-23(25)21-12-14-22(15-13-21)26(32)30-24(27(33)36-4)17-19-8-7-9-20(16-19)18-29/h5-16,24,31H,17H2,1-4H3,(H,30,32)/t24-/m0/s1. The van der Waals surface area contributed by atoms with E-state index in [1.165, 1.54) is 13.2 Å². The molecule has 0 aliphatic carbocycles. The van der Waals surface area contributed by atoms with Crippen LogP contribution in [0.25, 0.3) is 11.1 Å². The predicted molar refractivity (Wildman–Crippen MR) is 140 cm³/mol. The maximum atomic E-state index is 13.0. The van der Waals surface area contributed by atoms with Gasteiger partial charge in [0, 0.05) is 23.1 Å². The van der Waals surface area contributed by atoms with Gasteiger partial charge >= 0.3 is 5.97 Å². The molecule has 0 heterocycles. The Balaban J connectivity index is 1.83. The summed E-state index contributed by atoms with van der Waals surface area (Å²) < 4.78 is 33.5. The molecule has 0 spiro atoms. The first-order chi connectivity index (χ1) is 17.4. The largest absolute Gasteiger partial charge is 0.467 e. The molecule has 192 valence electrons. The number of nitrogens with zero attached hydrogens (tertiary/aromatic N) is 1. The van der Waals surface area contributed by atoms with Gasteiger partial charge in [-0.15, -0.1) is 0 Å². The molecule has 0 bridgehead atoms. The summed E-state index contributed by atoms with van der Waals surface area (Å²) in [4.78, 5) is 25.4. The lowest BCUT2D eigenvalue weighted by Gasteiger charge is -2.21. The molecule has 0 saturated heterocycles. The van der Waals surface area contributed by atoms with Crippen LogP contribution in [-0.2, 0) is 26.0 Å². The number of nitriles is 1. The summed E-state index contributed by atoms with van der Waals surface area (Å²) in [5.74, 6) is -1.11. The van der Waals surface area contributed by atoms with Crippen molar-refractivity contribution < 1.29 is 22.7 Å². The quantitative estimate of drug-likeness (QED) is 0.436. The highest BCUT2D eigenvalue weighted by molar-refractivity contribution is 7.89. The zero-order valence-electron chi connectivity index (χ0n) is 21.1.